The highest BCUT2D eigenvalue weighted by molar-refractivity contribution is 6.17. The zero-order valence-corrected chi connectivity index (χ0v) is 29.0. The summed E-state index contributed by atoms with van der Waals surface area (Å²) < 4.78 is 32.6. The van der Waals surface area contributed by atoms with Crippen LogP contribution in [-0.4, -0.2) is 75.0 Å². The topological polar surface area (TPSA) is 148 Å². The van der Waals surface area contributed by atoms with Crippen LogP contribution in [0, 0.1) is 10.8 Å². The van der Waals surface area contributed by atoms with Gasteiger partial charge in [0.25, 0.3) is 11.6 Å². The molecule has 2 heterocycles. The van der Waals surface area contributed by atoms with Crippen molar-refractivity contribution in [1.82, 2.24) is 10.6 Å². The average Bonchev–Trinajstić information content (AvgIpc) is 2.87. The number of carbonyl (C=O) groups excluding carboxylic acids is 4. The van der Waals surface area contributed by atoms with E-state index in [2.05, 4.69) is 38.3 Å². The van der Waals surface area contributed by atoms with Crippen LogP contribution in [0.15, 0.2) is 45.8 Å². The Morgan fingerprint density at radius 3 is 1.36 bits per heavy atom. The Hall–Kier alpha value is -3.64. The van der Waals surface area contributed by atoms with Crippen molar-refractivity contribution in [2.45, 2.75) is 99.1 Å². The van der Waals surface area contributed by atoms with E-state index in [1.165, 1.54) is 27.7 Å². The third-order valence-corrected chi connectivity index (χ3v) is 7.97. The van der Waals surface area contributed by atoms with E-state index in [1.807, 2.05) is 12.2 Å². The van der Waals surface area contributed by atoms with Gasteiger partial charge in [-0.25, -0.2) is 19.2 Å². The molecule has 0 aromatic heterocycles. The minimum atomic E-state index is -1.27. The van der Waals surface area contributed by atoms with Crippen LogP contribution in [-0.2, 0) is 47.6 Å². The molecular weight excluding hydrogens is 608 g/mol. The zero-order valence-electron chi connectivity index (χ0n) is 29.0. The molecule has 0 aromatic rings. The molecule has 2 fully saturated rings. The van der Waals surface area contributed by atoms with E-state index in [0.29, 0.717) is 63.5 Å². The molecule has 12 heteroatoms. The van der Waals surface area contributed by atoms with Gasteiger partial charge in [-0.3, -0.25) is 0 Å². The van der Waals surface area contributed by atoms with Crippen molar-refractivity contribution in [3.63, 3.8) is 0 Å². The molecule has 4 aliphatic rings. The Kier molecular flexibility index (Phi) is 11.0. The van der Waals surface area contributed by atoms with Crippen molar-refractivity contribution in [1.29, 1.82) is 0 Å². The summed E-state index contributed by atoms with van der Waals surface area (Å²) in [7, 11) is 0. The summed E-state index contributed by atoms with van der Waals surface area (Å²) in [5.41, 5.74) is 2.74. The normalized spacial score (nSPS) is 23.2. The number of esters is 4. The van der Waals surface area contributed by atoms with Gasteiger partial charge < -0.3 is 39.1 Å². The van der Waals surface area contributed by atoms with E-state index >= 15 is 0 Å². The maximum atomic E-state index is 12.6. The van der Waals surface area contributed by atoms with Crippen LogP contribution in [0.2, 0.25) is 0 Å². The van der Waals surface area contributed by atoms with Crippen molar-refractivity contribution in [3.8, 4) is 0 Å². The molecule has 0 radical (unpaired) electrons. The monoisotopic (exact) mass is 658 g/mol. The third-order valence-electron chi connectivity index (χ3n) is 7.97. The number of rotatable bonds is 12. The molecule has 2 aliphatic carbocycles. The molecule has 0 unspecified atom stereocenters. The number of allylic oxidation sites excluding steroid dienone is 6. The lowest BCUT2D eigenvalue weighted by atomic mass is 9.76. The van der Waals surface area contributed by atoms with Crippen LogP contribution >= 0.6 is 0 Å². The number of nitrogens with one attached hydrogen (secondary N) is 2. The molecule has 0 amide bonds. The first kappa shape index (κ1) is 36.2. The van der Waals surface area contributed by atoms with Gasteiger partial charge in [-0.15, -0.1) is 0 Å². The molecule has 2 N–H and O–H groups in total. The van der Waals surface area contributed by atoms with Crippen LogP contribution < -0.4 is 10.6 Å². The summed E-state index contributed by atoms with van der Waals surface area (Å²) in [5, 5.41) is 6.79. The third kappa shape index (κ3) is 10.2. The molecule has 0 saturated carbocycles. The van der Waals surface area contributed by atoms with Crippen LogP contribution in [0.1, 0.15) is 87.5 Å². The van der Waals surface area contributed by atoms with Gasteiger partial charge in [-0.05, 0) is 66.2 Å². The number of cyclic esters (lactones) is 4. The summed E-state index contributed by atoms with van der Waals surface area (Å²) in [4.78, 5) is 50.3. The quantitative estimate of drug-likeness (QED) is 0.134. The highest BCUT2D eigenvalue weighted by atomic mass is 16.7. The molecule has 2 aliphatic heterocycles. The molecule has 2 saturated heterocycles. The Labute approximate surface area is 277 Å². The van der Waals surface area contributed by atoms with Crippen molar-refractivity contribution in [2.75, 3.05) is 39.5 Å². The lowest BCUT2D eigenvalue weighted by Gasteiger charge is -2.35. The molecule has 4 rings (SSSR count). The van der Waals surface area contributed by atoms with Gasteiger partial charge in [-0.1, -0.05) is 27.7 Å². The van der Waals surface area contributed by atoms with E-state index < -0.39 is 35.5 Å². The van der Waals surface area contributed by atoms with Gasteiger partial charge >= 0.3 is 23.9 Å². The first-order valence-corrected chi connectivity index (χ1v) is 16.3. The van der Waals surface area contributed by atoms with Gasteiger partial charge in [0.15, 0.2) is 0 Å². The maximum absolute atomic E-state index is 12.6. The first-order valence-electron chi connectivity index (χ1n) is 16.3. The standard InChI is InChI=1S/C35H50N2O10/c1-32(2)18-22(26-28(38)44-34(5,6)45-29(26)39)16-24(20-32)36-10-9-12-42-14-15-43-13-11-37-25-17-23(19-33(3,4)21-25)27-30(40)46-35(7,8)47-31(27)41/h16-17,36-37H,9-15,18-21H2,1-8H3. The summed E-state index contributed by atoms with van der Waals surface area (Å²) in [6.45, 7) is 17.7. The lowest BCUT2D eigenvalue weighted by Crippen LogP contribution is -2.42. The van der Waals surface area contributed by atoms with Crippen molar-refractivity contribution in [3.05, 3.63) is 45.8 Å². The molecule has 47 heavy (non-hydrogen) atoms. The fourth-order valence-corrected chi connectivity index (χ4v) is 6.22. The minimum Gasteiger partial charge on any atom is -0.419 e. The van der Waals surface area contributed by atoms with E-state index in [0.717, 1.165) is 30.7 Å². The van der Waals surface area contributed by atoms with Crippen LogP contribution in [0.5, 0.6) is 0 Å². The molecule has 12 nitrogen and oxygen atoms in total. The number of carbonyl (C=O) groups is 4. The molecular formula is C35H50N2O10. The predicted molar refractivity (Wildman–Crippen MR) is 171 cm³/mol. The first-order chi connectivity index (χ1) is 21.9. The summed E-state index contributed by atoms with van der Waals surface area (Å²) in [6, 6.07) is 0. The van der Waals surface area contributed by atoms with Crippen LogP contribution in [0.25, 0.3) is 0 Å². The van der Waals surface area contributed by atoms with E-state index in [9.17, 15) is 19.2 Å². The van der Waals surface area contributed by atoms with Gasteiger partial charge in [0.1, 0.15) is 11.1 Å². The van der Waals surface area contributed by atoms with Crippen molar-refractivity contribution in [2.24, 2.45) is 10.8 Å². The highest BCUT2D eigenvalue weighted by Gasteiger charge is 2.43. The summed E-state index contributed by atoms with van der Waals surface area (Å²) in [5.74, 6) is -5.16. The molecule has 0 atom stereocenters. The average molecular weight is 659 g/mol. The summed E-state index contributed by atoms with van der Waals surface area (Å²) >= 11 is 0. The largest absolute Gasteiger partial charge is 0.419 e. The number of ether oxygens (including phenoxy) is 6. The van der Waals surface area contributed by atoms with E-state index in [4.69, 9.17) is 28.4 Å². The summed E-state index contributed by atoms with van der Waals surface area (Å²) in [6.07, 6.45) is 7.15. The molecule has 0 spiro atoms. The second-order valence-corrected chi connectivity index (χ2v) is 15.0. The number of hydrogen-bond acceptors (Lipinski definition) is 12. The van der Waals surface area contributed by atoms with E-state index in [1.54, 1.807) is 0 Å². The minimum absolute atomic E-state index is 0.0295. The number of hydrogen-bond donors (Lipinski definition) is 2. The Bertz CT molecular complexity index is 1250. The fraction of sp³-hybridized carbons (Fsp3) is 0.657. The molecule has 260 valence electrons. The van der Waals surface area contributed by atoms with Gasteiger partial charge in [0.2, 0.25) is 0 Å². The SMILES string of the molecule is CC1(C)CC(NCCCOCCOCCNC2=CC(=C3C(=O)OC(C)(C)OC3=O)CC(C)(C)C2)=CC(=C2C(=O)OC(C)(C)OC2=O)C1. The van der Waals surface area contributed by atoms with Crippen LogP contribution in [0.4, 0.5) is 0 Å². The molecule has 0 aromatic carbocycles. The lowest BCUT2D eigenvalue weighted by molar-refractivity contribution is -0.224. The van der Waals surface area contributed by atoms with Crippen molar-refractivity contribution < 1.29 is 47.6 Å². The predicted octanol–water partition coefficient (Wildman–Crippen LogP) is 4.26. The second kappa shape index (κ2) is 14.2. The Morgan fingerprint density at radius 2 is 0.936 bits per heavy atom. The Balaban J connectivity index is 1.15. The van der Waals surface area contributed by atoms with E-state index in [-0.39, 0.29) is 22.0 Å². The maximum Gasteiger partial charge on any atom is 0.349 e. The van der Waals surface area contributed by atoms with Gasteiger partial charge in [0, 0.05) is 58.8 Å². The van der Waals surface area contributed by atoms with Gasteiger partial charge in [0.05, 0.1) is 19.8 Å². The van der Waals surface area contributed by atoms with Crippen LogP contribution in [0.3, 0.4) is 0 Å². The fourth-order valence-electron chi connectivity index (χ4n) is 6.22. The van der Waals surface area contributed by atoms with Crippen molar-refractivity contribution >= 4 is 23.9 Å². The molecule has 0 bridgehead atoms. The highest BCUT2D eigenvalue weighted by Crippen LogP contribution is 2.41. The Morgan fingerprint density at radius 1 is 0.553 bits per heavy atom. The van der Waals surface area contributed by atoms with Gasteiger partial charge in [-0.2, -0.15) is 0 Å². The smallest absolute Gasteiger partial charge is 0.349 e. The zero-order chi connectivity index (χ0) is 34.6. The second-order valence-electron chi connectivity index (χ2n) is 15.0.